The summed E-state index contributed by atoms with van der Waals surface area (Å²) in [5, 5.41) is 10.9. The van der Waals surface area contributed by atoms with Crippen molar-refractivity contribution in [3.63, 3.8) is 0 Å². The Kier molecular flexibility index (Phi) is 5.43. The van der Waals surface area contributed by atoms with Gasteiger partial charge in [0.25, 0.3) is 5.91 Å². The topological polar surface area (TPSA) is 82.2 Å². The summed E-state index contributed by atoms with van der Waals surface area (Å²) >= 11 is 0. The monoisotopic (exact) mass is 390 g/mol. The van der Waals surface area contributed by atoms with Crippen molar-refractivity contribution in [2.45, 2.75) is 33.4 Å². The van der Waals surface area contributed by atoms with Gasteiger partial charge in [0.1, 0.15) is 18.2 Å². The number of carbonyl (C=O) groups is 1. The third-order valence-corrected chi connectivity index (χ3v) is 4.33. The number of ether oxygens (including phenoxy) is 1. The lowest BCUT2D eigenvalue weighted by Gasteiger charge is -2.13. The van der Waals surface area contributed by atoms with E-state index in [4.69, 9.17) is 9.26 Å². The van der Waals surface area contributed by atoms with Gasteiger partial charge in [0.05, 0.1) is 17.3 Å². The van der Waals surface area contributed by atoms with E-state index in [1.165, 1.54) is 6.07 Å². The highest BCUT2D eigenvalue weighted by molar-refractivity contribution is 5.94. The fraction of sp³-hybridized carbons (Fsp3) is 0.316. The Morgan fingerprint density at radius 3 is 2.75 bits per heavy atom. The average Bonchev–Trinajstić information content (AvgIpc) is 3.16. The number of nitrogens with zero attached hydrogens (tertiary/aromatic N) is 3. The van der Waals surface area contributed by atoms with E-state index in [0.717, 1.165) is 23.4 Å². The third kappa shape index (κ3) is 4.03. The SMILES string of the molecule is Cc1nn(C)cc1C(C)NC(=O)c1noc(C)c1COc1ccc(F)cc1F. The first-order chi connectivity index (χ1) is 13.3. The van der Waals surface area contributed by atoms with Gasteiger partial charge in [-0.25, -0.2) is 8.78 Å². The Labute approximate surface area is 160 Å². The van der Waals surface area contributed by atoms with Crippen molar-refractivity contribution in [3.05, 3.63) is 64.3 Å². The molecule has 1 amide bonds. The maximum absolute atomic E-state index is 13.7. The molecule has 28 heavy (non-hydrogen) atoms. The average molecular weight is 390 g/mol. The number of hydrogen-bond donors (Lipinski definition) is 1. The van der Waals surface area contributed by atoms with E-state index >= 15 is 0 Å². The van der Waals surface area contributed by atoms with Crippen LogP contribution in [0.4, 0.5) is 8.78 Å². The Hall–Kier alpha value is -3.23. The first-order valence-corrected chi connectivity index (χ1v) is 8.60. The van der Waals surface area contributed by atoms with Crippen molar-refractivity contribution in [3.8, 4) is 5.75 Å². The highest BCUT2D eigenvalue weighted by Crippen LogP contribution is 2.22. The van der Waals surface area contributed by atoms with Crippen LogP contribution in [-0.2, 0) is 13.7 Å². The number of benzene rings is 1. The van der Waals surface area contributed by atoms with Crippen molar-refractivity contribution < 1.29 is 22.8 Å². The zero-order valence-electron chi connectivity index (χ0n) is 15.9. The maximum atomic E-state index is 13.7. The van der Waals surface area contributed by atoms with Crippen LogP contribution in [0.25, 0.3) is 0 Å². The minimum atomic E-state index is -0.833. The van der Waals surface area contributed by atoms with Crippen LogP contribution in [0.5, 0.6) is 5.75 Å². The molecule has 3 rings (SSSR count). The van der Waals surface area contributed by atoms with Crippen LogP contribution >= 0.6 is 0 Å². The van der Waals surface area contributed by atoms with Crippen molar-refractivity contribution in [1.82, 2.24) is 20.3 Å². The normalized spacial score (nSPS) is 12.1. The van der Waals surface area contributed by atoms with Gasteiger partial charge in [-0.2, -0.15) is 5.10 Å². The summed E-state index contributed by atoms with van der Waals surface area (Å²) in [6, 6.07) is 2.69. The van der Waals surface area contributed by atoms with E-state index in [0.29, 0.717) is 11.3 Å². The zero-order chi connectivity index (χ0) is 20.4. The lowest BCUT2D eigenvalue weighted by atomic mass is 10.1. The molecule has 3 aromatic rings. The number of carbonyl (C=O) groups excluding carboxylic acids is 1. The quantitative estimate of drug-likeness (QED) is 0.698. The molecule has 1 aromatic carbocycles. The molecule has 1 unspecified atom stereocenters. The maximum Gasteiger partial charge on any atom is 0.274 e. The first-order valence-electron chi connectivity index (χ1n) is 8.60. The lowest BCUT2D eigenvalue weighted by Crippen LogP contribution is -2.28. The predicted molar refractivity (Wildman–Crippen MR) is 95.8 cm³/mol. The highest BCUT2D eigenvalue weighted by Gasteiger charge is 2.23. The summed E-state index contributed by atoms with van der Waals surface area (Å²) in [7, 11) is 1.80. The summed E-state index contributed by atoms with van der Waals surface area (Å²) in [5.74, 6) is -1.75. The van der Waals surface area contributed by atoms with E-state index in [2.05, 4.69) is 15.6 Å². The standard InChI is InChI=1S/C19H20F2N4O3/c1-10(14-8-25(4)23-11(14)2)22-19(26)18-15(12(3)28-24-18)9-27-17-6-5-13(20)7-16(17)21/h5-8,10H,9H2,1-4H3,(H,22,26). The second-order valence-corrected chi connectivity index (χ2v) is 6.47. The van der Waals surface area contributed by atoms with Gasteiger partial charge in [0, 0.05) is 24.9 Å². The molecule has 0 aliphatic rings. The van der Waals surface area contributed by atoms with Crippen LogP contribution < -0.4 is 10.1 Å². The van der Waals surface area contributed by atoms with Gasteiger partial charge in [-0.15, -0.1) is 0 Å². The van der Waals surface area contributed by atoms with Crippen molar-refractivity contribution in [2.75, 3.05) is 0 Å². The van der Waals surface area contributed by atoms with Crippen molar-refractivity contribution in [1.29, 1.82) is 0 Å². The minimum Gasteiger partial charge on any atom is -0.486 e. The molecule has 1 atom stereocenters. The second-order valence-electron chi connectivity index (χ2n) is 6.47. The van der Waals surface area contributed by atoms with Crippen LogP contribution in [-0.4, -0.2) is 20.8 Å². The largest absolute Gasteiger partial charge is 0.486 e. The van der Waals surface area contributed by atoms with Gasteiger partial charge in [-0.1, -0.05) is 5.16 Å². The summed E-state index contributed by atoms with van der Waals surface area (Å²) in [6.45, 7) is 5.16. The van der Waals surface area contributed by atoms with Gasteiger partial charge in [0.2, 0.25) is 0 Å². The molecule has 7 nitrogen and oxygen atoms in total. The Morgan fingerprint density at radius 1 is 1.36 bits per heavy atom. The summed E-state index contributed by atoms with van der Waals surface area (Å²) < 4.78 is 38.9. The molecule has 2 heterocycles. The van der Waals surface area contributed by atoms with Crippen LogP contribution in [0.2, 0.25) is 0 Å². The van der Waals surface area contributed by atoms with E-state index < -0.39 is 17.5 Å². The number of aromatic nitrogens is 3. The number of aryl methyl sites for hydroxylation is 3. The number of hydrogen-bond acceptors (Lipinski definition) is 5. The summed E-state index contributed by atoms with van der Waals surface area (Å²) in [5.41, 5.74) is 2.12. The molecule has 0 bridgehead atoms. The van der Waals surface area contributed by atoms with Crippen molar-refractivity contribution >= 4 is 5.91 Å². The van der Waals surface area contributed by atoms with Gasteiger partial charge in [-0.3, -0.25) is 9.48 Å². The molecule has 2 aromatic heterocycles. The molecule has 0 aliphatic carbocycles. The molecule has 1 N–H and O–H groups in total. The first kappa shape index (κ1) is 19.5. The molecule has 0 fully saturated rings. The van der Waals surface area contributed by atoms with E-state index in [-0.39, 0.29) is 24.1 Å². The molecule has 0 radical (unpaired) electrons. The summed E-state index contributed by atoms with van der Waals surface area (Å²) in [4.78, 5) is 12.7. The Bertz CT molecular complexity index is 1010. The summed E-state index contributed by atoms with van der Waals surface area (Å²) in [6.07, 6.45) is 1.83. The third-order valence-electron chi connectivity index (χ3n) is 4.33. The van der Waals surface area contributed by atoms with Gasteiger partial charge >= 0.3 is 0 Å². The molecule has 9 heteroatoms. The van der Waals surface area contributed by atoms with Gasteiger partial charge in [-0.05, 0) is 32.9 Å². The Morgan fingerprint density at radius 2 is 2.11 bits per heavy atom. The van der Waals surface area contributed by atoms with Crippen LogP contribution in [0.15, 0.2) is 28.9 Å². The molecule has 0 saturated heterocycles. The van der Waals surface area contributed by atoms with Gasteiger partial charge in [0.15, 0.2) is 17.3 Å². The molecule has 0 spiro atoms. The second kappa shape index (κ2) is 7.79. The minimum absolute atomic E-state index is 0.0495. The van der Waals surface area contributed by atoms with Crippen LogP contribution in [0, 0.1) is 25.5 Å². The van der Waals surface area contributed by atoms with E-state index in [1.54, 1.807) is 18.7 Å². The van der Waals surface area contributed by atoms with E-state index in [9.17, 15) is 13.6 Å². The number of rotatable bonds is 6. The van der Waals surface area contributed by atoms with E-state index in [1.807, 2.05) is 20.0 Å². The zero-order valence-corrected chi connectivity index (χ0v) is 15.9. The molecular formula is C19H20F2N4O3. The predicted octanol–water partition coefficient (Wildman–Crippen LogP) is 3.37. The molecule has 0 saturated carbocycles. The van der Waals surface area contributed by atoms with Crippen molar-refractivity contribution in [2.24, 2.45) is 7.05 Å². The number of nitrogens with one attached hydrogen (secondary N) is 1. The number of halogens is 2. The molecular weight excluding hydrogens is 370 g/mol. The fourth-order valence-electron chi connectivity index (χ4n) is 2.87. The lowest BCUT2D eigenvalue weighted by molar-refractivity contribution is 0.0928. The molecule has 148 valence electrons. The van der Waals surface area contributed by atoms with Gasteiger partial charge < -0.3 is 14.6 Å². The van der Waals surface area contributed by atoms with Crippen LogP contribution in [0.3, 0.4) is 0 Å². The van der Waals surface area contributed by atoms with Crippen LogP contribution in [0.1, 0.15) is 46.0 Å². The fourth-order valence-corrected chi connectivity index (χ4v) is 2.87. The Balaban J connectivity index is 1.74. The molecule has 0 aliphatic heterocycles. The smallest absolute Gasteiger partial charge is 0.274 e. The number of amides is 1. The highest BCUT2D eigenvalue weighted by atomic mass is 19.1.